The lowest BCUT2D eigenvalue weighted by atomic mass is 9.79. The maximum atomic E-state index is 12.4. The van der Waals surface area contributed by atoms with Crippen molar-refractivity contribution in [3.8, 4) is 11.5 Å². The average Bonchev–Trinajstić information content (AvgIpc) is 2.90. The summed E-state index contributed by atoms with van der Waals surface area (Å²) in [4.78, 5) is 49.6. The molecule has 0 aliphatic heterocycles. The third-order valence-electron chi connectivity index (χ3n) is 6.09. The first-order valence-electron chi connectivity index (χ1n) is 12.2. The van der Waals surface area contributed by atoms with Crippen LogP contribution in [0, 0.1) is 0 Å². The highest BCUT2D eigenvalue weighted by Gasteiger charge is 2.39. The first-order valence-corrected chi connectivity index (χ1v) is 12.2. The van der Waals surface area contributed by atoms with E-state index in [9.17, 15) is 19.2 Å². The van der Waals surface area contributed by atoms with Gasteiger partial charge < -0.3 is 18.9 Å². The van der Waals surface area contributed by atoms with Gasteiger partial charge in [-0.25, -0.2) is 0 Å². The Morgan fingerprint density at radius 1 is 0.806 bits per heavy atom. The van der Waals surface area contributed by atoms with Gasteiger partial charge in [-0.05, 0) is 6.42 Å². The van der Waals surface area contributed by atoms with E-state index in [4.69, 9.17) is 18.9 Å². The highest BCUT2D eigenvalue weighted by Crippen LogP contribution is 2.53. The molecule has 2 aliphatic carbocycles. The zero-order chi connectivity index (χ0) is 26.0. The largest absolute Gasteiger partial charge is 0.449 e. The molecule has 0 bridgehead atoms. The van der Waals surface area contributed by atoms with Crippen molar-refractivity contribution in [3.63, 3.8) is 0 Å². The van der Waals surface area contributed by atoms with E-state index in [0.717, 1.165) is 0 Å². The second-order valence-electron chi connectivity index (χ2n) is 8.37. The van der Waals surface area contributed by atoms with Crippen LogP contribution in [-0.4, -0.2) is 23.9 Å². The van der Waals surface area contributed by atoms with Gasteiger partial charge in [0.25, 0.3) is 0 Å². The molecule has 8 nitrogen and oxygen atoms in total. The Labute approximate surface area is 208 Å². The molecule has 1 unspecified atom stereocenters. The van der Waals surface area contributed by atoms with Crippen molar-refractivity contribution in [1.82, 2.24) is 0 Å². The van der Waals surface area contributed by atoms with Crippen molar-refractivity contribution in [2.75, 3.05) is 0 Å². The van der Waals surface area contributed by atoms with Crippen molar-refractivity contribution >= 4 is 40.2 Å². The van der Waals surface area contributed by atoms with E-state index in [1.807, 2.05) is 12.2 Å². The first-order chi connectivity index (χ1) is 17.3. The maximum Gasteiger partial charge on any atom is 0.311 e. The molecule has 0 amide bonds. The number of ether oxygens (including phenoxy) is 4. The molecule has 4 rings (SSSR count). The molecular weight excluding hydrogens is 464 g/mol. The third-order valence-corrected chi connectivity index (χ3v) is 6.09. The number of benzene rings is 2. The van der Waals surface area contributed by atoms with Crippen molar-refractivity contribution in [2.24, 2.45) is 0 Å². The fourth-order valence-electron chi connectivity index (χ4n) is 4.35. The van der Waals surface area contributed by atoms with E-state index >= 15 is 0 Å². The lowest BCUT2D eigenvalue weighted by Gasteiger charge is -2.33. The highest BCUT2D eigenvalue weighted by molar-refractivity contribution is 6.09. The molecule has 2 aromatic carbocycles. The Balaban J connectivity index is 2.10. The molecule has 0 aromatic heterocycles. The van der Waals surface area contributed by atoms with Crippen LogP contribution in [0.25, 0.3) is 16.3 Å². The average molecular weight is 493 g/mol. The summed E-state index contributed by atoms with van der Waals surface area (Å²) in [5.74, 6) is -1.40. The second kappa shape index (κ2) is 10.4. The molecule has 2 aliphatic rings. The van der Waals surface area contributed by atoms with Gasteiger partial charge in [0.2, 0.25) is 0 Å². The van der Waals surface area contributed by atoms with Gasteiger partial charge in [-0.3, -0.25) is 19.2 Å². The summed E-state index contributed by atoms with van der Waals surface area (Å²) < 4.78 is 23.0. The molecule has 0 N–H and O–H groups in total. The van der Waals surface area contributed by atoms with Gasteiger partial charge in [0.15, 0.2) is 23.4 Å². The van der Waals surface area contributed by atoms with E-state index in [1.165, 1.54) is 0 Å². The van der Waals surface area contributed by atoms with Crippen molar-refractivity contribution in [2.45, 2.75) is 65.9 Å². The molecule has 188 valence electrons. The molecule has 0 fully saturated rings. The lowest BCUT2D eigenvalue weighted by molar-refractivity contribution is -0.153. The maximum absolute atomic E-state index is 12.4. The van der Waals surface area contributed by atoms with Crippen LogP contribution < -0.4 is 9.47 Å². The Kier molecular flexibility index (Phi) is 7.24. The molecule has 36 heavy (non-hydrogen) atoms. The fraction of sp³-hybridized carbons (Fsp3) is 0.357. The summed E-state index contributed by atoms with van der Waals surface area (Å²) in [6, 6.07) is 5.28. The van der Waals surface area contributed by atoms with E-state index < -0.39 is 30.0 Å². The van der Waals surface area contributed by atoms with Crippen LogP contribution in [0.4, 0.5) is 0 Å². The Morgan fingerprint density at radius 3 is 2.06 bits per heavy atom. The minimum Gasteiger partial charge on any atom is -0.449 e. The SMILES string of the molecule is CCC(=O)OC1=C2C=CCc3c(OC(=O)CC)c(OC(=O)CC)c4cccc(c4c32)C1OC(=O)CC. The zero-order valence-electron chi connectivity index (χ0n) is 20.8. The zero-order valence-corrected chi connectivity index (χ0v) is 20.8. The Morgan fingerprint density at radius 2 is 1.42 bits per heavy atom. The van der Waals surface area contributed by atoms with Gasteiger partial charge in [0, 0.05) is 58.7 Å². The van der Waals surface area contributed by atoms with E-state index in [0.29, 0.717) is 39.5 Å². The van der Waals surface area contributed by atoms with Crippen LogP contribution in [0.3, 0.4) is 0 Å². The van der Waals surface area contributed by atoms with Crippen molar-refractivity contribution in [3.05, 3.63) is 52.8 Å². The van der Waals surface area contributed by atoms with E-state index in [-0.39, 0.29) is 42.9 Å². The fourth-order valence-corrected chi connectivity index (χ4v) is 4.35. The molecule has 0 radical (unpaired) electrons. The Hall–Kier alpha value is -3.94. The van der Waals surface area contributed by atoms with Gasteiger partial charge in [-0.1, -0.05) is 58.0 Å². The third kappa shape index (κ3) is 4.39. The summed E-state index contributed by atoms with van der Waals surface area (Å²) in [5, 5.41) is 1.21. The van der Waals surface area contributed by atoms with E-state index in [1.54, 1.807) is 45.9 Å². The quantitative estimate of drug-likeness (QED) is 0.363. The smallest absolute Gasteiger partial charge is 0.311 e. The number of rotatable bonds is 8. The minimum absolute atomic E-state index is 0.123. The number of hydrogen-bond donors (Lipinski definition) is 0. The molecule has 0 saturated heterocycles. The molecule has 0 saturated carbocycles. The topological polar surface area (TPSA) is 105 Å². The summed E-state index contributed by atoms with van der Waals surface area (Å²) in [5.41, 5.74) is 2.46. The normalized spacial score (nSPS) is 15.5. The van der Waals surface area contributed by atoms with E-state index in [2.05, 4.69) is 0 Å². The number of carbonyl (C=O) groups is 4. The highest BCUT2D eigenvalue weighted by atomic mass is 16.6. The van der Waals surface area contributed by atoms with Gasteiger partial charge in [-0.15, -0.1) is 0 Å². The predicted molar refractivity (Wildman–Crippen MR) is 131 cm³/mol. The van der Waals surface area contributed by atoms with Crippen LogP contribution in [0.1, 0.15) is 76.2 Å². The molecule has 8 heteroatoms. The first kappa shape index (κ1) is 25.2. The van der Waals surface area contributed by atoms with Gasteiger partial charge in [0.1, 0.15) is 0 Å². The number of carbonyl (C=O) groups excluding carboxylic acids is 4. The number of esters is 4. The van der Waals surface area contributed by atoms with Crippen molar-refractivity contribution in [1.29, 1.82) is 0 Å². The van der Waals surface area contributed by atoms with Crippen LogP contribution >= 0.6 is 0 Å². The van der Waals surface area contributed by atoms with Crippen molar-refractivity contribution < 1.29 is 38.1 Å². The van der Waals surface area contributed by atoms with Gasteiger partial charge >= 0.3 is 23.9 Å². The van der Waals surface area contributed by atoms with Gasteiger partial charge in [0.05, 0.1) is 0 Å². The summed E-state index contributed by atoms with van der Waals surface area (Å²) in [6.45, 7) is 6.71. The van der Waals surface area contributed by atoms with Gasteiger partial charge in [-0.2, -0.15) is 0 Å². The Bertz CT molecular complexity index is 1330. The molecule has 0 spiro atoms. The number of hydrogen-bond acceptors (Lipinski definition) is 8. The van der Waals surface area contributed by atoms with Crippen LogP contribution in [-0.2, 0) is 35.1 Å². The minimum atomic E-state index is -0.978. The van der Waals surface area contributed by atoms with Crippen LogP contribution in [0.5, 0.6) is 11.5 Å². The summed E-state index contributed by atoms with van der Waals surface area (Å²) in [7, 11) is 0. The molecule has 1 atom stereocenters. The van der Waals surface area contributed by atoms with Crippen LogP contribution in [0.2, 0.25) is 0 Å². The van der Waals surface area contributed by atoms with Crippen LogP contribution in [0.15, 0.2) is 36.1 Å². The number of allylic oxidation sites excluding steroid dienone is 3. The molecular formula is C28H28O8. The molecule has 0 heterocycles. The lowest BCUT2D eigenvalue weighted by Crippen LogP contribution is -2.23. The molecule has 2 aromatic rings. The second-order valence-corrected chi connectivity index (χ2v) is 8.37. The summed E-state index contributed by atoms with van der Waals surface area (Å²) >= 11 is 0. The standard InChI is InChI=1S/C28H28O8/c1-5-19(29)33-25-15-11-9-13-17-23(15)24-16(26(25)34-20(30)6-2)12-10-14-18(24)28(36-22(32)8-4)27(17)35-21(31)7-3/h9-13,25H,5-8,14H2,1-4H3. The monoisotopic (exact) mass is 492 g/mol. The predicted octanol–water partition coefficient (Wildman–Crippen LogP) is 5.26. The summed E-state index contributed by atoms with van der Waals surface area (Å²) in [6.07, 6.45) is 3.57.